The van der Waals surface area contributed by atoms with Crippen LogP contribution in [0.15, 0.2) is 42.5 Å². The van der Waals surface area contributed by atoms with E-state index in [1.165, 1.54) is 16.9 Å². The summed E-state index contributed by atoms with van der Waals surface area (Å²) in [6, 6.07) is 11.0. The highest BCUT2D eigenvalue weighted by atomic mass is 19.1. The molecule has 2 aliphatic rings. The number of ether oxygens (including phenoxy) is 1. The first-order valence-corrected chi connectivity index (χ1v) is 11.2. The molecule has 1 N–H and O–H groups in total. The van der Waals surface area contributed by atoms with E-state index in [-0.39, 0.29) is 68.9 Å². The molecule has 2 aliphatic heterocycles. The zero-order valence-electron chi connectivity index (χ0n) is 19.2. The average Bonchev–Trinajstić information content (AvgIpc) is 3.05. The predicted octanol–water partition coefficient (Wildman–Crippen LogP) is 2.36. The molecular formula is C24H26F2N4O5. The highest BCUT2D eigenvalue weighted by Crippen LogP contribution is 2.31. The van der Waals surface area contributed by atoms with Crippen molar-refractivity contribution in [1.29, 1.82) is 0 Å². The molecule has 35 heavy (non-hydrogen) atoms. The standard InChI is InChI=1S/C24H26F2N4O5/c1-16(31)27-13-19-14-30(24(33)35-19)18-11-20(25)23(21(26)12-18)28-7-8-29(34-10-9-28)15-22(32)17-5-3-2-4-6-17/h2-6,11-12,19H,7-10,13-15H2,1H3,(H,27,31). The van der Waals surface area contributed by atoms with E-state index in [1.807, 2.05) is 6.07 Å². The predicted molar refractivity (Wildman–Crippen MR) is 123 cm³/mol. The van der Waals surface area contributed by atoms with Crippen LogP contribution in [0.4, 0.5) is 25.0 Å². The number of anilines is 2. The average molecular weight is 488 g/mol. The van der Waals surface area contributed by atoms with Crippen molar-refractivity contribution >= 4 is 29.2 Å². The number of hydrogen-bond acceptors (Lipinski definition) is 7. The molecule has 0 spiro atoms. The minimum absolute atomic E-state index is 0.0263. The molecule has 2 aromatic carbocycles. The summed E-state index contributed by atoms with van der Waals surface area (Å²) in [5.74, 6) is -2.04. The number of hydrogen-bond donors (Lipinski definition) is 1. The second-order valence-electron chi connectivity index (χ2n) is 8.28. The summed E-state index contributed by atoms with van der Waals surface area (Å²) in [5.41, 5.74) is 0.362. The third-order valence-electron chi connectivity index (χ3n) is 5.75. The van der Waals surface area contributed by atoms with Gasteiger partial charge in [-0.15, -0.1) is 0 Å². The SMILES string of the molecule is CC(=O)NCC1CN(c2cc(F)c(N3CCON(CC(=O)c4ccccc4)CC3)c(F)c2)C(=O)O1. The summed E-state index contributed by atoms with van der Waals surface area (Å²) in [6.07, 6.45) is -1.36. The minimum atomic E-state index is -0.827. The number of ketones is 1. The molecule has 2 heterocycles. The Balaban J connectivity index is 1.41. The van der Waals surface area contributed by atoms with Crippen LogP contribution in [0.25, 0.3) is 0 Å². The second-order valence-corrected chi connectivity index (χ2v) is 8.28. The number of halogens is 2. The molecule has 0 bridgehead atoms. The van der Waals surface area contributed by atoms with Gasteiger partial charge < -0.3 is 15.0 Å². The van der Waals surface area contributed by atoms with Crippen LogP contribution >= 0.6 is 0 Å². The van der Waals surface area contributed by atoms with E-state index in [9.17, 15) is 14.4 Å². The molecular weight excluding hydrogens is 462 g/mol. The number of rotatable bonds is 7. The van der Waals surface area contributed by atoms with E-state index >= 15 is 8.78 Å². The number of carbonyl (C=O) groups excluding carboxylic acids is 3. The molecule has 1 unspecified atom stereocenters. The number of nitrogens with zero attached hydrogens (tertiary/aromatic N) is 3. The highest BCUT2D eigenvalue weighted by Gasteiger charge is 2.34. The molecule has 2 saturated heterocycles. The smallest absolute Gasteiger partial charge is 0.414 e. The Morgan fingerprint density at radius 2 is 1.80 bits per heavy atom. The molecule has 2 fully saturated rings. The van der Waals surface area contributed by atoms with E-state index < -0.39 is 23.8 Å². The Kier molecular flexibility index (Phi) is 7.57. The zero-order valence-corrected chi connectivity index (χ0v) is 19.2. The van der Waals surface area contributed by atoms with Crippen molar-refractivity contribution in [3.8, 4) is 0 Å². The summed E-state index contributed by atoms with van der Waals surface area (Å²) in [7, 11) is 0. The normalized spacial score (nSPS) is 18.8. The maximum Gasteiger partial charge on any atom is 0.414 e. The molecule has 11 heteroatoms. The van der Waals surface area contributed by atoms with Crippen LogP contribution in [0.2, 0.25) is 0 Å². The fourth-order valence-corrected chi connectivity index (χ4v) is 4.02. The Morgan fingerprint density at radius 1 is 1.09 bits per heavy atom. The molecule has 2 amide bonds. The van der Waals surface area contributed by atoms with Crippen molar-refractivity contribution in [3.05, 3.63) is 59.7 Å². The molecule has 186 valence electrons. The third kappa shape index (κ3) is 5.92. The van der Waals surface area contributed by atoms with Gasteiger partial charge in [-0.05, 0) is 0 Å². The van der Waals surface area contributed by atoms with Crippen molar-refractivity contribution < 1.29 is 32.7 Å². The van der Waals surface area contributed by atoms with Crippen molar-refractivity contribution in [2.75, 3.05) is 55.7 Å². The van der Waals surface area contributed by atoms with Gasteiger partial charge in [-0.2, -0.15) is 5.06 Å². The molecule has 0 radical (unpaired) electrons. The lowest BCUT2D eigenvalue weighted by atomic mass is 10.1. The summed E-state index contributed by atoms with van der Waals surface area (Å²) < 4.78 is 35.3. The van der Waals surface area contributed by atoms with Gasteiger partial charge in [-0.3, -0.25) is 19.3 Å². The minimum Gasteiger partial charge on any atom is -0.442 e. The van der Waals surface area contributed by atoms with Crippen LogP contribution in [0, 0.1) is 11.6 Å². The first kappa shape index (κ1) is 24.6. The Hall–Kier alpha value is -3.57. The van der Waals surface area contributed by atoms with E-state index in [0.717, 1.165) is 17.0 Å². The summed E-state index contributed by atoms with van der Waals surface area (Å²) in [6.45, 7) is 2.39. The molecule has 2 aromatic rings. The first-order valence-electron chi connectivity index (χ1n) is 11.2. The van der Waals surface area contributed by atoms with Gasteiger partial charge in [0.1, 0.15) is 11.8 Å². The lowest BCUT2D eigenvalue weighted by molar-refractivity contribution is -0.139. The molecule has 9 nitrogen and oxygen atoms in total. The van der Waals surface area contributed by atoms with Gasteiger partial charge in [0, 0.05) is 44.3 Å². The van der Waals surface area contributed by atoms with Crippen molar-refractivity contribution in [1.82, 2.24) is 10.4 Å². The van der Waals surface area contributed by atoms with Crippen molar-refractivity contribution in [2.24, 2.45) is 0 Å². The Morgan fingerprint density at radius 3 is 2.49 bits per heavy atom. The van der Waals surface area contributed by atoms with Gasteiger partial charge in [0.05, 0.1) is 31.9 Å². The van der Waals surface area contributed by atoms with Gasteiger partial charge >= 0.3 is 6.09 Å². The van der Waals surface area contributed by atoms with Crippen molar-refractivity contribution in [3.63, 3.8) is 0 Å². The number of carbonyl (C=O) groups is 3. The fourth-order valence-electron chi connectivity index (χ4n) is 4.02. The topological polar surface area (TPSA) is 91.4 Å². The Bertz CT molecular complexity index is 1080. The van der Waals surface area contributed by atoms with E-state index in [4.69, 9.17) is 9.57 Å². The molecule has 1 atom stereocenters. The molecule has 0 saturated carbocycles. The maximum absolute atomic E-state index is 15.1. The van der Waals surface area contributed by atoms with Crippen LogP contribution in [0.5, 0.6) is 0 Å². The van der Waals surface area contributed by atoms with Crippen LogP contribution in [0.3, 0.4) is 0 Å². The zero-order chi connectivity index (χ0) is 24.9. The first-order chi connectivity index (χ1) is 16.8. The lowest BCUT2D eigenvalue weighted by Crippen LogP contribution is -2.34. The monoisotopic (exact) mass is 488 g/mol. The third-order valence-corrected chi connectivity index (χ3v) is 5.75. The van der Waals surface area contributed by atoms with Gasteiger partial charge in [0.25, 0.3) is 0 Å². The van der Waals surface area contributed by atoms with Gasteiger partial charge in [-0.1, -0.05) is 30.3 Å². The largest absolute Gasteiger partial charge is 0.442 e. The number of amides is 2. The lowest BCUT2D eigenvalue weighted by Gasteiger charge is -2.24. The van der Waals surface area contributed by atoms with E-state index in [2.05, 4.69) is 5.32 Å². The summed E-state index contributed by atoms with van der Waals surface area (Å²) in [5, 5.41) is 4.05. The van der Waals surface area contributed by atoms with Gasteiger partial charge in [0.2, 0.25) is 5.91 Å². The van der Waals surface area contributed by atoms with E-state index in [0.29, 0.717) is 5.56 Å². The maximum atomic E-state index is 15.1. The number of benzene rings is 2. The Labute approximate surface area is 201 Å². The van der Waals surface area contributed by atoms with Crippen LogP contribution in [-0.2, 0) is 14.4 Å². The highest BCUT2D eigenvalue weighted by molar-refractivity contribution is 5.97. The van der Waals surface area contributed by atoms with Gasteiger partial charge in [-0.25, -0.2) is 13.6 Å². The number of cyclic esters (lactones) is 1. The summed E-state index contributed by atoms with van der Waals surface area (Å²) >= 11 is 0. The van der Waals surface area contributed by atoms with Crippen molar-refractivity contribution in [2.45, 2.75) is 13.0 Å². The van der Waals surface area contributed by atoms with Crippen LogP contribution in [-0.4, -0.2) is 74.8 Å². The fraction of sp³-hybridized carbons (Fsp3) is 0.375. The van der Waals surface area contributed by atoms with Crippen LogP contribution < -0.4 is 15.1 Å². The van der Waals surface area contributed by atoms with Gasteiger partial charge in [0.15, 0.2) is 17.4 Å². The second kappa shape index (κ2) is 10.8. The number of nitrogens with one attached hydrogen (secondary N) is 1. The molecule has 4 rings (SSSR count). The quantitative estimate of drug-likeness (QED) is 0.599. The number of hydroxylamine groups is 2. The molecule has 0 aromatic heterocycles. The molecule has 0 aliphatic carbocycles. The van der Waals surface area contributed by atoms with E-state index in [1.54, 1.807) is 24.3 Å². The summed E-state index contributed by atoms with van der Waals surface area (Å²) in [4.78, 5) is 44.0. The van der Waals surface area contributed by atoms with Crippen LogP contribution in [0.1, 0.15) is 17.3 Å². The number of Topliss-reactive ketones (excluding diaryl/α,β-unsaturated/α-hetero) is 1.